The Balaban J connectivity index is 2.61. The third kappa shape index (κ3) is 5.38. The first-order chi connectivity index (χ1) is 7.79. The molecule has 0 aliphatic rings. The summed E-state index contributed by atoms with van der Waals surface area (Å²) in [4.78, 5) is 0. The number of aliphatic hydroxyl groups excluding tert-OH is 1. The molecule has 0 heterocycles. The van der Waals surface area contributed by atoms with Crippen LogP contribution in [0.2, 0.25) is 5.02 Å². The van der Waals surface area contributed by atoms with Gasteiger partial charge >= 0.3 is 0 Å². The van der Waals surface area contributed by atoms with Crippen LogP contribution in [0.15, 0.2) is 22.7 Å². The fourth-order valence-electron chi connectivity index (χ4n) is 1.47. The average Bonchev–Trinajstić information content (AvgIpc) is 2.15. The molecule has 0 aromatic heterocycles. The molecule has 1 aromatic rings. The van der Waals surface area contributed by atoms with Crippen LogP contribution in [0.25, 0.3) is 0 Å². The fourth-order valence-corrected chi connectivity index (χ4v) is 3.10. The molecular weight excluding hydrogens is 328 g/mol. The summed E-state index contributed by atoms with van der Waals surface area (Å²) in [5, 5.41) is 10.5. The lowest BCUT2D eigenvalue weighted by atomic mass is 10.1. The highest BCUT2D eigenvalue weighted by molar-refractivity contribution is 9.10. The number of aliphatic hydroxyl groups is 1. The molecular formula is C11H14BrClO3S. The maximum atomic E-state index is 11.0. The summed E-state index contributed by atoms with van der Waals surface area (Å²) in [6.45, 7) is 0. The minimum atomic E-state index is -2.96. The van der Waals surface area contributed by atoms with Crippen molar-refractivity contribution in [1.82, 2.24) is 0 Å². The van der Waals surface area contributed by atoms with Crippen LogP contribution >= 0.6 is 27.5 Å². The summed E-state index contributed by atoms with van der Waals surface area (Å²) >= 11 is 9.11. The second-order valence-electron chi connectivity index (χ2n) is 3.95. The van der Waals surface area contributed by atoms with Gasteiger partial charge in [0.2, 0.25) is 0 Å². The van der Waals surface area contributed by atoms with Crippen LogP contribution in [0.5, 0.6) is 0 Å². The minimum absolute atomic E-state index is 0.0925. The van der Waals surface area contributed by atoms with Gasteiger partial charge in [-0.3, -0.25) is 0 Å². The monoisotopic (exact) mass is 340 g/mol. The lowest BCUT2D eigenvalue weighted by molar-refractivity contribution is 0.166. The fraction of sp³-hybridized carbons (Fsp3) is 0.455. The highest BCUT2D eigenvalue weighted by Crippen LogP contribution is 2.29. The van der Waals surface area contributed by atoms with Crippen molar-refractivity contribution < 1.29 is 13.5 Å². The third-order valence-corrected chi connectivity index (χ3v) is 4.27. The zero-order valence-corrected chi connectivity index (χ0v) is 12.5. The van der Waals surface area contributed by atoms with E-state index in [0.29, 0.717) is 17.9 Å². The van der Waals surface area contributed by atoms with Crippen LogP contribution in [0, 0.1) is 0 Å². The minimum Gasteiger partial charge on any atom is -0.388 e. The maximum Gasteiger partial charge on any atom is 0.147 e. The zero-order valence-electron chi connectivity index (χ0n) is 9.36. The number of halogens is 2. The molecule has 0 amide bonds. The van der Waals surface area contributed by atoms with E-state index in [4.69, 9.17) is 11.6 Å². The van der Waals surface area contributed by atoms with Gasteiger partial charge in [-0.2, -0.15) is 0 Å². The number of rotatable bonds is 5. The molecule has 6 heteroatoms. The topological polar surface area (TPSA) is 54.4 Å². The Morgan fingerprint density at radius 1 is 1.47 bits per heavy atom. The molecule has 0 aliphatic carbocycles. The van der Waals surface area contributed by atoms with Crippen LogP contribution in [0.4, 0.5) is 0 Å². The van der Waals surface area contributed by atoms with E-state index in [1.54, 1.807) is 18.2 Å². The zero-order chi connectivity index (χ0) is 13.1. The van der Waals surface area contributed by atoms with E-state index in [1.807, 2.05) is 0 Å². The average molecular weight is 342 g/mol. The van der Waals surface area contributed by atoms with E-state index in [2.05, 4.69) is 15.9 Å². The summed E-state index contributed by atoms with van der Waals surface area (Å²) in [5.41, 5.74) is 0.725. The molecule has 1 rings (SSSR count). The van der Waals surface area contributed by atoms with Crippen molar-refractivity contribution in [3.63, 3.8) is 0 Å². The van der Waals surface area contributed by atoms with Gasteiger partial charge in [0.25, 0.3) is 0 Å². The summed E-state index contributed by atoms with van der Waals surface area (Å²) in [6, 6.07) is 5.13. The molecule has 96 valence electrons. The van der Waals surface area contributed by atoms with E-state index in [1.165, 1.54) is 6.26 Å². The van der Waals surface area contributed by atoms with E-state index < -0.39 is 15.9 Å². The van der Waals surface area contributed by atoms with Crippen LogP contribution in [-0.2, 0) is 9.84 Å². The summed E-state index contributed by atoms with van der Waals surface area (Å²) in [6.07, 6.45) is 1.36. The number of sulfone groups is 1. The van der Waals surface area contributed by atoms with Crippen molar-refractivity contribution in [3.05, 3.63) is 33.3 Å². The van der Waals surface area contributed by atoms with Gasteiger partial charge in [-0.1, -0.05) is 33.6 Å². The van der Waals surface area contributed by atoms with Crippen molar-refractivity contribution in [2.45, 2.75) is 18.9 Å². The Bertz CT molecular complexity index is 487. The Kier molecular flexibility index (Phi) is 5.44. The lowest BCUT2D eigenvalue weighted by Crippen LogP contribution is -2.06. The molecule has 1 atom stereocenters. The van der Waals surface area contributed by atoms with Gasteiger partial charge < -0.3 is 5.11 Å². The molecule has 0 bridgehead atoms. The predicted molar refractivity (Wildman–Crippen MR) is 73.1 cm³/mol. The van der Waals surface area contributed by atoms with Gasteiger partial charge in [0.15, 0.2) is 0 Å². The second kappa shape index (κ2) is 6.18. The predicted octanol–water partition coefficient (Wildman–Crippen LogP) is 2.96. The van der Waals surface area contributed by atoms with Gasteiger partial charge in [0.05, 0.1) is 6.10 Å². The molecule has 3 nitrogen and oxygen atoms in total. The smallest absolute Gasteiger partial charge is 0.147 e. The van der Waals surface area contributed by atoms with Crippen LogP contribution in [0.3, 0.4) is 0 Å². The Hall–Kier alpha value is -0.100. The Morgan fingerprint density at radius 3 is 2.65 bits per heavy atom. The van der Waals surface area contributed by atoms with Crippen molar-refractivity contribution in [2.75, 3.05) is 12.0 Å². The van der Waals surface area contributed by atoms with Crippen LogP contribution in [0.1, 0.15) is 24.5 Å². The van der Waals surface area contributed by atoms with E-state index in [-0.39, 0.29) is 5.75 Å². The van der Waals surface area contributed by atoms with Crippen molar-refractivity contribution in [1.29, 1.82) is 0 Å². The molecule has 17 heavy (non-hydrogen) atoms. The van der Waals surface area contributed by atoms with Gasteiger partial charge in [-0.05, 0) is 30.5 Å². The van der Waals surface area contributed by atoms with Gasteiger partial charge in [0, 0.05) is 21.5 Å². The van der Waals surface area contributed by atoms with Crippen molar-refractivity contribution in [3.8, 4) is 0 Å². The highest BCUT2D eigenvalue weighted by atomic mass is 79.9. The molecule has 0 radical (unpaired) electrons. The molecule has 0 spiro atoms. The molecule has 1 unspecified atom stereocenters. The number of benzene rings is 1. The van der Waals surface area contributed by atoms with Crippen molar-refractivity contribution in [2.24, 2.45) is 0 Å². The largest absolute Gasteiger partial charge is 0.388 e. The molecule has 0 saturated heterocycles. The standard InChI is InChI=1S/C11H14BrClO3S/c1-17(15,16)6-2-3-11(14)9-5-4-8(13)7-10(9)12/h4-5,7,11,14H,2-3,6H2,1H3. The highest BCUT2D eigenvalue weighted by Gasteiger charge is 2.12. The SMILES string of the molecule is CS(=O)(=O)CCCC(O)c1ccc(Cl)cc1Br. The first-order valence-corrected chi connectivity index (χ1v) is 8.33. The van der Waals surface area contributed by atoms with Crippen LogP contribution < -0.4 is 0 Å². The van der Waals surface area contributed by atoms with E-state index in [9.17, 15) is 13.5 Å². The summed E-state index contributed by atoms with van der Waals surface area (Å²) < 4.78 is 22.6. The van der Waals surface area contributed by atoms with E-state index in [0.717, 1.165) is 10.0 Å². The first kappa shape index (κ1) is 15.0. The Morgan fingerprint density at radius 2 is 2.12 bits per heavy atom. The number of hydrogen-bond acceptors (Lipinski definition) is 3. The van der Waals surface area contributed by atoms with Gasteiger partial charge in [-0.25, -0.2) is 8.42 Å². The summed E-state index contributed by atoms with van der Waals surface area (Å²) in [7, 11) is -2.96. The van der Waals surface area contributed by atoms with E-state index >= 15 is 0 Å². The van der Waals surface area contributed by atoms with Gasteiger partial charge in [0.1, 0.15) is 9.84 Å². The Labute approximate surface area is 115 Å². The maximum absolute atomic E-state index is 11.0. The molecule has 0 saturated carbocycles. The normalized spacial score (nSPS) is 13.6. The van der Waals surface area contributed by atoms with Gasteiger partial charge in [-0.15, -0.1) is 0 Å². The molecule has 0 aliphatic heterocycles. The summed E-state index contributed by atoms with van der Waals surface area (Å²) in [5.74, 6) is 0.0925. The number of hydrogen-bond donors (Lipinski definition) is 1. The molecule has 1 aromatic carbocycles. The van der Waals surface area contributed by atoms with Crippen molar-refractivity contribution >= 4 is 37.4 Å². The van der Waals surface area contributed by atoms with Crippen LogP contribution in [-0.4, -0.2) is 25.5 Å². The first-order valence-electron chi connectivity index (χ1n) is 5.10. The second-order valence-corrected chi connectivity index (χ2v) is 7.50. The third-order valence-electron chi connectivity index (χ3n) is 2.31. The lowest BCUT2D eigenvalue weighted by Gasteiger charge is -2.12. The quantitative estimate of drug-likeness (QED) is 0.896. The molecule has 1 N–H and O–H groups in total. The molecule has 0 fully saturated rings.